The molecule has 2 rings (SSSR count). The number of rotatable bonds is 7. The van der Waals surface area contributed by atoms with Crippen LogP contribution in [-0.2, 0) is 12.4 Å². The maximum atomic E-state index is 13.3. The third-order valence-electron chi connectivity index (χ3n) is 4.34. The van der Waals surface area contributed by atoms with Crippen LogP contribution in [0.1, 0.15) is 49.6 Å². The fourth-order valence-electron chi connectivity index (χ4n) is 3.19. The molecule has 1 unspecified atom stereocenters. The molecule has 0 amide bonds. The second-order valence-corrected chi connectivity index (χ2v) is 6.61. The van der Waals surface area contributed by atoms with E-state index >= 15 is 0 Å². The SMILES string of the molecule is CCCN(CCC)CC(O)c1cc(C(F)(F)F)nc2c(C(F)(F)F)cccc12. The summed E-state index contributed by atoms with van der Waals surface area (Å²) in [6.07, 6.45) is -9.64. The van der Waals surface area contributed by atoms with E-state index in [2.05, 4.69) is 4.98 Å². The van der Waals surface area contributed by atoms with Crippen LogP contribution in [0.25, 0.3) is 10.9 Å². The van der Waals surface area contributed by atoms with E-state index in [1.54, 1.807) is 0 Å². The normalized spacial score (nSPS) is 14.1. The lowest BCUT2D eigenvalue weighted by Gasteiger charge is -2.25. The second-order valence-electron chi connectivity index (χ2n) is 6.61. The highest BCUT2D eigenvalue weighted by atomic mass is 19.4. The van der Waals surface area contributed by atoms with Crippen LogP contribution in [0.15, 0.2) is 24.3 Å². The van der Waals surface area contributed by atoms with Crippen LogP contribution in [0.2, 0.25) is 0 Å². The molecule has 0 aliphatic carbocycles. The molecule has 0 aliphatic rings. The third-order valence-corrected chi connectivity index (χ3v) is 4.34. The Balaban J connectivity index is 2.63. The molecule has 1 N–H and O–H groups in total. The molecule has 1 aromatic carbocycles. The molecule has 3 nitrogen and oxygen atoms in total. The maximum absolute atomic E-state index is 13.3. The van der Waals surface area contributed by atoms with Crippen molar-refractivity contribution in [2.24, 2.45) is 0 Å². The van der Waals surface area contributed by atoms with Gasteiger partial charge in [-0.15, -0.1) is 0 Å². The lowest BCUT2D eigenvalue weighted by Crippen LogP contribution is -2.30. The number of benzene rings is 1. The highest BCUT2D eigenvalue weighted by Crippen LogP contribution is 2.39. The van der Waals surface area contributed by atoms with E-state index in [4.69, 9.17) is 0 Å². The number of para-hydroxylation sites is 1. The van der Waals surface area contributed by atoms with Gasteiger partial charge in [-0.2, -0.15) is 26.3 Å². The van der Waals surface area contributed by atoms with Gasteiger partial charge >= 0.3 is 12.4 Å². The number of halogens is 6. The molecule has 28 heavy (non-hydrogen) atoms. The molecular formula is C19H22F6N2O. The number of pyridine rings is 1. The molecule has 2 aromatic rings. The van der Waals surface area contributed by atoms with Gasteiger partial charge in [-0.1, -0.05) is 26.0 Å². The average Bonchev–Trinajstić information content (AvgIpc) is 2.59. The summed E-state index contributed by atoms with van der Waals surface area (Å²) in [5.74, 6) is 0. The van der Waals surface area contributed by atoms with Gasteiger partial charge in [-0.05, 0) is 43.6 Å². The first-order valence-corrected chi connectivity index (χ1v) is 8.97. The van der Waals surface area contributed by atoms with Crippen LogP contribution >= 0.6 is 0 Å². The second kappa shape index (κ2) is 8.65. The molecule has 0 fully saturated rings. The van der Waals surface area contributed by atoms with E-state index in [1.165, 1.54) is 6.07 Å². The molecule has 0 saturated carbocycles. The highest BCUT2D eigenvalue weighted by molar-refractivity contribution is 5.86. The van der Waals surface area contributed by atoms with Crippen molar-refractivity contribution in [1.82, 2.24) is 9.88 Å². The Morgan fingerprint density at radius 1 is 1.00 bits per heavy atom. The zero-order valence-corrected chi connectivity index (χ0v) is 15.5. The summed E-state index contributed by atoms with van der Waals surface area (Å²) in [6, 6.07) is 3.68. The van der Waals surface area contributed by atoms with Crippen molar-refractivity contribution < 1.29 is 31.4 Å². The number of aliphatic hydroxyl groups is 1. The van der Waals surface area contributed by atoms with Gasteiger partial charge in [0.05, 0.1) is 17.2 Å². The molecule has 0 radical (unpaired) electrons. The first-order valence-electron chi connectivity index (χ1n) is 8.97. The van der Waals surface area contributed by atoms with E-state index in [-0.39, 0.29) is 17.5 Å². The molecule has 9 heteroatoms. The number of hydrogen-bond donors (Lipinski definition) is 1. The lowest BCUT2D eigenvalue weighted by atomic mass is 9.99. The van der Waals surface area contributed by atoms with Crippen LogP contribution in [-0.4, -0.2) is 34.6 Å². The van der Waals surface area contributed by atoms with Gasteiger partial charge < -0.3 is 10.0 Å². The Morgan fingerprint density at radius 2 is 1.61 bits per heavy atom. The summed E-state index contributed by atoms with van der Waals surface area (Å²) >= 11 is 0. The van der Waals surface area contributed by atoms with E-state index in [0.717, 1.165) is 18.9 Å². The number of fused-ring (bicyclic) bond motifs is 1. The first-order chi connectivity index (χ1) is 13.0. The molecule has 1 atom stereocenters. The third kappa shape index (κ3) is 5.14. The highest BCUT2D eigenvalue weighted by Gasteiger charge is 2.38. The minimum Gasteiger partial charge on any atom is -0.387 e. The number of hydrogen-bond acceptors (Lipinski definition) is 3. The van der Waals surface area contributed by atoms with E-state index < -0.39 is 35.2 Å². The summed E-state index contributed by atoms with van der Waals surface area (Å²) in [6.45, 7) is 5.11. The summed E-state index contributed by atoms with van der Waals surface area (Å²) in [4.78, 5) is 5.11. The molecule has 0 aliphatic heterocycles. The monoisotopic (exact) mass is 408 g/mol. The predicted molar refractivity (Wildman–Crippen MR) is 93.7 cm³/mol. The smallest absolute Gasteiger partial charge is 0.387 e. The standard InChI is InChI=1S/C19H22F6N2O/c1-3-8-27(9-4-2)11-15(28)13-10-16(19(23,24)25)26-17-12(13)6-5-7-14(17)18(20,21)22/h5-7,10,15,28H,3-4,8-9,11H2,1-2H3. The van der Waals surface area contributed by atoms with Gasteiger partial charge in [0.2, 0.25) is 0 Å². The van der Waals surface area contributed by atoms with Crippen molar-refractivity contribution in [3.8, 4) is 0 Å². The molecule has 1 aromatic heterocycles. The molecule has 156 valence electrons. The maximum Gasteiger partial charge on any atom is 0.433 e. The minimum absolute atomic E-state index is 0.0222. The number of nitrogens with zero attached hydrogens (tertiary/aromatic N) is 2. The Labute approximate surface area is 159 Å². The van der Waals surface area contributed by atoms with Crippen molar-refractivity contribution >= 4 is 10.9 Å². The van der Waals surface area contributed by atoms with Crippen LogP contribution in [0.3, 0.4) is 0 Å². The van der Waals surface area contributed by atoms with Crippen molar-refractivity contribution in [3.63, 3.8) is 0 Å². The van der Waals surface area contributed by atoms with Gasteiger partial charge in [0.25, 0.3) is 0 Å². The van der Waals surface area contributed by atoms with Gasteiger partial charge in [-0.3, -0.25) is 0 Å². The Morgan fingerprint density at radius 3 is 2.11 bits per heavy atom. The Kier molecular flexibility index (Phi) is 6.93. The van der Waals surface area contributed by atoms with Crippen molar-refractivity contribution in [2.75, 3.05) is 19.6 Å². The number of aromatic nitrogens is 1. The van der Waals surface area contributed by atoms with Gasteiger partial charge in [0, 0.05) is 11.9 Å². The summed E-state index contributed by atoms with van der Waals surface area (Å²) in [5.41, 5.74) is -3.73. The fraction of sp³-hybridized carbons (Fsp3) is 0.526. The Bertz CT molecular complexity index is 797. The van der Waals surface area contributed by atoms with Crippen LogP contribution < -0.4 is 0 Å². The largest absolute Gasteiger partial charge is 0.433 e. The first kappa shape index (κ1) is 22.4. The molecule has 0 spiro atoms. The summed E-state index contributed by atoms with van der Waals surface area (Å²) in [7, 11) is 0. The van der Waals surface area contributed by atoms with Crippen LogP contribution in [0.5, 0.6) is 0 Å². The quantitative estimate of drug-likeness (QED) is 0.621. The zero-order valence-electron chi connectivity index (χ0n) is 15.5. The van der Waals surface area contributed by atoms with E-state index in [9.17, 15) is 31.4 Å². The van der Waals surface area contributed by atoms with Crippen LogP contribution in [0.4, 0.5) is 26.3 Å². The Hall–Kier alpha value is -1.87. The summed E-state index contributed by atoms with van der Waals surface area (Å²) in [5, 5.41) is 10.5. The average molecular weight is 408 g/mol. The number of aliphatic hydroxyl groups excluding tert-OH is 1. The topological polar surface area (TPSA) is 36.4 Å². The van der Waals surface area contributed by atoms with E-state index in [0.29, 0.717) is 25.2 Å². The van der Waals surface area contributed by atoms with Gasteiger partial charge in [-0.25, -0.2) is 4.98 Å². The molecule has 1 heterocycles. The van der Waals surface area contributed by atoms with Gasteiger partial charge in [0.1, 0.15) is 5.69 Å². The number of alkyl halides is 6. The molecular weight excluding hydrogens is 386 g/mol. The minimum atomic E-state index is -4.94. The van der Waals surface area contributed by atoms with E-state index in [1.807, 2.05) is 18.7 Å². The van der Waals surface area contributed by atoms with Gasteiger partial charge in [0.15, 0.2) is 0 Å². The summed E-state index contributed by atoms with van der Waals surface area (Å²) < 4.78 is 79.7. The van der Waals surface area contributed by atoms with Crippen molar-refractivity contribution in [3.05, 3.63) is 41.1 Å². The molecule has 0 bridgehead atoms. The van der Waals surface area contributed by atoms with Crippen molar-refractivity contribution in [2.45, 2.75) is 45.1 Å². The van der Waals surface area contributed by atoms with Crippen LogP contribution in [0, 0.1) is 0 Å². The van der Waals surface area contributed by atoms with Crippen molar-refractivity contribution in [1.29, 1.82) is 0 Å². The lowest BCUT2D eigenvalue weighted by molar-refractivity contribution is -0.142. The fourth-order valence-corrected chi connectivity index (χ4v) is 3.19. The zero-order chi connectivity index (χ0) is 21.1. The molecule has 0 saturated heterocycles. The predicted octanol–water partition coefficient (Wildman–Crippen LogP) is 5.43.